The van der Waals surface area contributed by atoms with E-state index in [1.807, 2.05) is 0 Å². The molecule has 1 unspecified atom stereocenters. The van der Waals surface area contributed by atoms with E-state index in [1.165, 1.54) is 0 Å². The van der Waals surface area contributed by atoms with Crippen molar-refractivity contribution in [2.75, 3.05) is 19.8 Å². The maximum atomic E-state index is 9.26. The van der Waals surface area contributed by atoms with Crippen molar-refractivity contribution in [2.45, 2.75) is 6.10 Å². The van der Waals surface area contributed by atoms with Gasteiger partial charge in [0.2, 0.25) is 5.96 Å². The molecular weight excluding hydrogens is 184 g/mol. The van der Waals surface area contributed by atoms with E-state index in [0.29, 0.717) is 6.61 Å². The molecule has 0 spiro atoms. The Kier molecular flexibility index (Phi) is 7.13. The zero-order valence-electron chi connectivity index (χ0n) is 7.79. The van der Waals surface area contributed by atoms with Gasteiger partial charge >= 0.3 is 0 Å². The van der Waals surface area contributed by atoms with Crippen LogP contribution in [0.25, 0.3) is 0 Å². The standard InChI is InChI=1S/C8H14N4O2/c1-2-3-14-5-7(13)4-11-8(10)12-6-9/h2,7,13H,1,3-5H2,(H3,10,11,12). The molecular formula is C8H14N4O2. The van der Waals surface area contributed by atoms with Gasteiger partial charge in [-0.1, -0.05) is 6.08 Å². The smallest absolute Gasteiger partial charge is 0.201 e. The van der Waals surface area contributed by atoms with Crippen molar-refractivity contribution in [3.63, 3.8) is 0 Å². The summed E-state index contributed by atoms with van der Waals surface area (Å²) in [5, 5.41) is 29.1. The summed E-state index contributed by atoms with van der Waals surface area (Å²) in [6.07, 6.45) is 2.45. The summed E-state index contributed by atoms with van der Waals surface area (Å²) >= 11 is 0. The summed E-state index contributed by atoms with van der Waals surface area (Å²) in [5.41, 5.74) is 0. The highest BCUT2D eigenvalue weighted by molar-refractivity contribution is 5.77. The van der Waals surface area contributed by atoms with Gasteiger partial charge in [0.15, 0.2) is 6.19 Å². The monoisotopic (exact) mass is 198 g/mol. The van der Waals surface area contributed by atoms with Crippen molar-refractivity contribution < 1.29 is 9.84 Å². The van der Waals surface area contributed by atoms with Gasteiger partial charge < -0.3 is 15.2 Å². The molecule has 78 valence electrons. The van der Waals surface area contributed by atoms with Crippen LogP contribution >= 0.6 is 0 Å². The molecule has 0 saturated heterocycles. The van der Waals surface area contributed by atoms with Crippen LogP contribution in [0.5, 0.6) is 0 Å². The Morgan fingerprint density at radius 1 is 1.79 bits per heavy atom. The SMILES string of the molecule is C=CCOCC(O)CNC(=N)NC#N. The third-order valence-corrected chi connectivity index (χ3v) is 1.24. The minimum Gasteiger partial charge on any atom is -0.389 e. The average molecular weight is 198 g/mol. The van der Waals surface area contributed by atoms with Crippen molar-refractivity contribution in [2.24, 2.45) is 0 Å². The highest BCUT2D eigenvalue weighted by Crippen LogP contribution is 1.83. The van der Waals surface area contributed by atoms with Crippen molar-refractivity contribution in [1.82, 2.24) is 10.6 Å². The van der Waals surface area contributed by atoms with Gasteiger partial charge in [-0.05, 0) is 0 Å². The van der Waals surface area contributed by atoms with Gasteiger partial charge in [0.25, 0.3) is 0 Å². The van der Waals surface area contributed by atoms with E-state index in [-0.39, 0.29) is 19.1 Å². The lowest BCUT2D eigenvalue weighted by Crippen LogP contribution is -2.39. The predicted octanol–water partition coefficient (Wildman–Crippen LogP) is -0.855. The summed E-state index contributed by atoms with van der Waals surface area (Å²) in [6.45, 7) is 4.16. The minimum absolute atomic E-state index is 0.143. The number of rotatable bonds is 6. The Labute approximate surface area is 82.7 Å². The summed E-state index contributed by atoms with van der Waals surface area (Å²) in [4.78, 5) is 0. The number of hydrogen-bond donors (Lipinski definition) is 4. The zero-order chi connectivity index (χ0) is 10.8. The van der Waals surface area contributed by atoms with Gasteiger partial charge in [-0.2, -0.15) is 5.26 Å². The number of aliphatic hydroxyl groups excluding tert-OH is 1. The third kappa shape index (κ3) is 7.09. The number of guanidine groups is 1. The van der Waals surface area contributed by atoms with Gasteiger partial charge in [0, 0.05) is 6.54 Å². The summed E-state index contributed by atoms with van der Waals surface area (Å²) in [6, 6.07) is 0. The Morgan fingerprint density at radius 2 is 2.50 bits per heavy atom. The molecule has 0 aliphatic carbocycles. The van der Waals surface area contributed by atoms with Crippen LogP contribution in [-0.4, -0.2) is 36.9 Å². The van der Waals surface area contributed by atoms with Crippen molar-refractivity contribution in [1.29, 1.82) is 10.7 Å². The summed E-state index contributed by atoms with van der Waals surface area (Å²) in [7, 11) is 0. The molecule has 0 aliphatic rings. The van der Waals surface area contributed by atoms with Crippen LogP contribution in [0.1, 0.15) is 0 Å². The molecule has 0 aromatic rings. The van der Waals surface area contributed by atoms with Gasteiger partial charge in [-0.3, -0.25) is 10.7 Å². The minimum atomic E-state index is -0.712. The van der Waals surface area contributed by atoms with Crippen molar-refractivity contribution >= 4 is 5.96 Å². The number of nitriles is 1. The predicted molar refractivity (Wildman–Crippen MR) is 51.5 cm³/mol. The van der Waals surface area contributed by atoms with E-state index in [1.54, 1.807) is 12.3 Å². The number of hydrogen-bond acceptors (Lipinski definition) is 4. The van der Waals surface area contributed by atoms with E-state index in [4.69, 9.17) is 15.4 Å². The molecule has 14 heavy (non-hydrogen) atoms. The molecule has 0 aromatic heterocycles. The highest BCUT2D eigenvalue weighted by atomic mass is 16.5. The van der Waals surface area contributed by atoms with Gasteiger partial charge in [0.1, 0.15) is 0 Å². The number of aliphatic hydroxyl groups is 1. The zero-order valence-corrected chi connectivity index (χ0v) is 7.79. The van der Waals surface area contributed by atoms with E-state index in [0.717, 1.165) is 0 Å². The quantitative estimate of drug-likeness (QED) is 0.111. The number of nitrogens with one attached hydrogen (secondary N) is 3. The lowest BCUT2D eigenvalue weighted by atomic mass is 10.4. The van der Waals surface area contributed by atoms with E-state index in [9.17, 15) is 5.11 Å². The fourth-order valence-corrected chi connectivity index (χ4v) is 0.666. The average Bonchev–Trinajstić information content (AvgIpc) is 2.16. The normalized spacial score (nSPS) is 11.1. The fraction of sp³-hybridized carbons (Fsp3) is 0.500. The van der Waals surface area contributed by atoms with E-state index < -0.39 is 6.10 Å². The second kappa shape index (κ2) is 8.04. The molecule has 0 heterocycles. The lowest BCUT2D eigenvalue weighted by Gasteiger charge is -2.11. The highest BCUT2D eigenvalue weighted by Gasteiger charge is 2.03. The second-order valence-corrected chi connectivity index (χ2v) is 2.47. The molecule has 0 saturated carbocycles. The Bertz CT molecular complexity index is 224. The maximum Gasteiger partial charge on any atom is 0.201 e. The molecule has 0 amide bonds. The molecule has 0 rings (SSSR count). The first kappa shape index (κ1) is 12.4. The Morgan fingerprint density at radius 3 is 3.07 bits per heavy atom. The second-order valence-electron chi connectivity index (χ2n) is 2.47. The first-order valence-corrected chi connectivity index (χ1v) is 4.05. The Hall–Kier alpha value is -1.58. The lowest BCUT2D eigenvalue weighted by molar-refractivity contribution is 0.0518. The van der Waals surface area contributed by atoms with Crippen molar-refractivity contribution in [3.8, 4) is 6.19 Å². The molecule has 0 bridgehead atoms. The summed E-state index contributed by atoms with van der Waals surface area (Å²) < 4.78 is 4.97. The van der Waals surface area contributed by atoms with Crippen LogP contribution in [0.2, 0.25) is 0 Å². The molecule has 1 atom stereocenters. The molecule has 0 aliphatic heterocycles. The molecule has 6 heteroatoms. The van der Waals surface area contributed by atoms with Crippen LogP contribution in [0, 0.1) is 16.9 Å². The maximum absolute atomic E-state index is 9.26. The van der Waals surface area contributed by atoms with E-state index >= 15 is 0 Å². The molecule has 0 fully saturated rings. The van der Waals surface area contributed by atoms with Crippen molar-refractivity contribution in [3.05, 3.63) is 12.7 Å². The third-order valence-electron chi connectivity index (χ3n) is 1.24. The van der Waals surface area contributed by atoms with Gasteiger partial charge in [-0.15, -0.1) is 6.58 Å². The van der Waals surface area contributed by atoms with Crippen LogP contribution < -0.4 is 10.6 Å². The summed E-state index contributed by atoms with van der Waals surface area (Å²) in [5.74, 6) is -0.143. The van der Waals surface area contributed by atoms with Crippen LogP contribution in [-0.2, 0) is 4.74 Å². The molecule has 0 radical (unpaired) electrons. The number of nitrogens with zero attached hydrogens (tertiary/aromatic N) is 1. The van der Waals surface area contributed by atoms with Crippen LogP contribution in [0.3, 0.4) is 0 Å². The van der Waals surface area contributed by atoms with Crippen LogP contribution in [0.4, 0.5) is 0 Å². The largest absolute Gasteiger partial charge is 0.389 e. The first-order chi connectivity index (χ1) is 6.70. The molecule has 4 N–H and O–H groups in total. The fourth-order valence-electron chi connectivity index (χ4n) is 0.666. The van der Waals surface area contributed by atoms with Crippen LogP contribution in [0.15, 0.2) is 12.7 Å². The topological polar surface area (TPSA) is 101 Å². The Balaban J connectivity index is 3.43. The van der Waals surface area contributed by atoms with Gasteiger partial charge in [0.05, 0.1) is 19.3 Å². The number of ether oxygens (including phenoxy) is 1. The first-order valence-electron chi connectivity index (χ1n) is 4.05. The van der Waals surface area contributed by atoms with E-state index in [2.05, 4.69) is 17.2 Å². The molecule has 6 nitrogen and oxygen atoms in total. The molecule has 0 aromatic carbocycles. The van der Waals surface area contributed by atoms with Gasteiger partial charge in [-0.25, -0.2) is 0 Å².